The summed E-state index contributed by atoms with van der Waals surface area (Å²) in [6.07, 6.45) is 5.58. The van der Waals surface area contributed by atoms with Crippen molar-refractivity contribution in [2.75, 3.05) is 13.2 Å². The predicted molar refractivity (Wildman–Crippen MR) is 77.4 cm³/mol. The fourth-order valence-corrected chi connectivity index (χ4v) is 2.95. The molecule has 0 aromatic carbocycles. The Morgan fingerprint density at radius 1 is 1.55 bits per heavy atom. The van der Waals surface area contributed by atoms with Gasteiger partial charge in [0.2, 0.25) is 0 Å². The number of carbonyl (C=O) groups excluding carboxylic acids is 1. The summed E-state index contributed by atoms with van der Waals surface area (Å²) in [5, 5.41) is 7.63. The van der Waals surface area contributed by atoms with E-state index in [0.29, 0.717) is 18.7 Å². The van der Waals surface area contributed by atoms with Crippen LogP contribution in [0.5, 0.6) is 0 Å². The topological polar surface area (TPSA) is 56.1 Å². The molecular weight excluding hydrogens is 254 g/mol. The standard InChI is InChI=1S/C15H25N3O2/c1-4-20-15(19)13-9-17-18(3)14(13)10-16-8-12-7-5-6-11(12)2/h9,11-12,16H,4-8,10H2,1-3H3. The van der Waals surface area contributed by atoms with Gasteiger partial charge in [0.15, 0.2) is 0 Å². The minimum atomic E-state index is -0.286. The number of nitrogens with zero attached hydrogens (tertiary/aromatic N) is 2. The number of aromatic nitrogens is 2. The highest BCUT2D eigenvalue weighted by molar-refractivity contribution is 5.90. The Hall–Kier alpha value is -1.36. The first kappa shape index (κ1) is 15.0. The van der Waals surface area contributed by atoms with Gasteiger partial charge in [-0.1, -0.05) is 19.8 Å². The van der Waals surface area contributed by atoms with E-state index < -0.39 is 0 Å². The molecule has 1 N–H and O–H groups in total. The van der Waals surface area contributed by atoms with E-state index in [4.69, 9.17) is 4.74 Å². The van der Waals surface area contributed by atoms with Gasteiger partial charge >= 0.3 is 5.97 Å². The average molecular weight is 279 g/mol. The summed E-state index contributed by atoms with van der Waals surface area (Å²) in [4.78, 5) is 11.8. The van der Waals surface area contributed by atoms with Crippen LogP contribution in [-0.2, 0) is 18.3 Å². The first-order valence-electron chi connectivity index (χ1n) is 7.52. The third-order valence-electron chi connectivity index (χ3n) is 4.30. The molecule has 1 fully saturated rings. The Morgan fingerprint density at radius 3 is 3.00 bits per heavy atom. The van der Waals surface area contributed by atoms with Crippen molar-refractivity contribution in [2.45, 2.75) is 39.7 Å². The van der Waals surface area contributed by atoms with E-state index in [0.717, 1.165) is 24.1 Å². The van der Waals surface area contributed by atoms with Crippen LogP contribution >= 0.6 is 0 Å². The molecule has 0 bridgehead atoms. The van der Waals surface area contributed by atoms with Crippen LogP contribution < -0.4 is 5.32 Å². The summed E-state index contributed by atoms with van der Waals surface area (Å²) in [5.74, 6) is 1.28. The maximum atomic E-state index is 11.8. The third-order valence-corrected chi connectivity index (χ3v) is 4.30. The van der Waals surface area contributed by atoms with Crippen molar-refractivity contribution in [1.29, 1.82) is 0 Å². The van der Waals surface area contributed by atoms with E-state index in [2.05, 4.69) is 17.3 Å². The molecule has 112 valence electrons. The second-order valence-corrected chi connectivity index (χ2v) is 5.65. The second kappa shape index (κ2) is 6.88. The number of carbonyl (C=O) groups is 1. The Morgan fingerprint density at radius 2 is 2.35 bits per heavy atom. The van der Waals surface area contributed by atoms with E-state index in [-0.39, 0.29) is 5.97 Å². The van der Waals surface area contributed by atoms with Crippen molar-refractivity contribution >= 4 is 5.97 Å². The Balaban J connectivity index is 1.91. The minimum Gasteiger partial charge on any atom is -0.462 e. The van der Waals surface area contributed by atoms with E-state index >= 15 is 0 Å². The van der Waals surface area contributed by atoms with Gasteiger partial charge in [-0.3, -0.25) is 4.68 Å². The van der Waals surface area contributed by atoms with Gasteiger partial charge in [-0.2, -0.15) is 5.10 Å². The van der Waals surface area contributed by atoms with Crippen molar-refractivity contribution in [2.24, 2.45) is 18.9 Å². The molecule has 2 rings (SSSR count). The van der Waals surface area contributed by atoms with Crippen LogP contribution in [0.15, 0.2) is 6.20 Å². The normalized spacial score (nSPS) is 22.1. The first-order chi connectivity index (χ1) is 9.63. The number of esters is 1. The Labute approximate surface area is 120 Å². The summed E-state index contributed by atoms with van der Waals surface area (Å²) in [6.45, 7) is 6.20. The zero-order valence-electron chi connectivity index (χ0n) is 12.7. The smallest absolute Gasteiger partial charge is 0.341 e. The van der Waals surface area contributed by atoms with Gasteiger partial charge < -0.3 is 10.1 Å². The molecule has 5 heteroatoms. The van der Waals surface area contributed by atoms with Crippen LogP contribution in [0.3, 0.4) is 0 Å². The number of aryl methyl sites for hydroxylation is 1. The van der Waals surface area contributed by atoms with Gasteiger partial charge in [0.05, 0.1) is 18.5 Å². The summed E-state index contributed by atoms with van der Waals surface area (Å²) in [5.41, 5.74) is 1.47. The van der Waals surface area contributed by atoms with Crippen molar-refractivity contribution in [3.8, 4) is 0 Å². The molecule has 20 heavy (non-hydrogen) atoms. The van der Waals surface area contributed by atoms with Gasteiger partial charge in [0.25, 0.3) is 0 Å². The highest BCUT2D eigenvalue weighted by atomic mass is 16.5. The predicted octanol–water partition coefficient (Wildman–Crippen LogP) is 2.12. The van der Waals surface area contributed by atoms with E-state index in [1.54, 1.807) is 10.9 Å². The maximum absolute atomic E-state index is 11.8. The van der Waals surface area contributed by atoms with Gasteiger partial charge in [-0.05, 0) is 31.7 Å². The maximum Gasteiger partial charge on any atom is 0.341 e. The largest absolute Gasteiger partial charge is 0.462 e. The lowest BCUT2D eigenvalue weighted by atomic mass is 9.98. The molecular formula is C15H25N3O2. The van der Waals surface area contributed by atoms with Gasteiger partial charge in [0.1, 0.15) is 5.56 Å². The molecule has 0 aliphatic heterocycles. The SMILES string of the molecule is CCOC(=O)c1cnn(C)c1CNCC1CCCC1C. The summed E-state index contributed by atoms with van der Waals surface area (Å²) < 4.78 is 6.81. The minimum absolute atomic E-state index is 0.286. The number of nitrogens with one attached hydrogen (secondary N) is 1. The molecule has 5 nitrogen and oxygen atoms in total. The van der Waals surface area contributed by atoms with Crippen LogP contribution in [0.1, 0.15) is 49.2 Å². The highest BCUT2D eigenvalue weighted by Crippen LogP contribution is 2.30. The van der Waals surface area contributed by atoms with Gasteiger partial charge in [-0.15, -0.1) is 0 Å². The van der Waals surface area contributed by atoms with E-state index in [1.165, 1.54) is 19.3 Å². The van der Waals surface area contributed by atoms with Crippen molar-refractivity contribution in [3.63, 3.8) is 0 Å². The third kappa shape index (κ3) is 3.39. The van der Waals surface area contributed by atoms with Gasteiger partial charge in [0, 0.05) is 13.6 Å². The lowest BCUT2D eigenvalue weighted by molar-refractivity contribution is 0.0524. The van der Waals surface area contributed by atoms with Crippen LogP contribution in [-0.4, -0.2) is 28.9 Å². The Kier molecular flexibility index (Phi) is 5.17. The molecule has 0 saturated heterocycles. The molecule has 0 amide bonds. The van der Waals surface area contributed by atoms with Gasteiger partial charge in [-0.25, -0.2) is 4.79 Å². The highest BCUT2D eigenvalue weighted by Gasteiger charge is 2.23. The van der Waals surface area contributed by atoms with Crippen molar-refractivity contribution < 1.29 is 9.53 Å². The van der Waals surface area contributed by atoms with Crippen LogP contribution in [0.25, 0.3) is 0 Å². The van der Waals surface area contributed by atoms with Crippen LogP contribution in [0, 0.1) is 11.8 Å². The molecule has 0 spiro atoms. The summed E-state index contributed by atoms with van der Waals surface area (Å²) >= 11 is 0. The number of hydrogen-bond acceptors (Lipinski definition) is 4. The molecule has 1 aromatic heterocycles. The molecule has 2 unspecified atom stereocenters. The quantitative estimate of drug-likeness (QED) is 0.810. The van der Waals surface area contributed by atoms with Crippen LogP contribution in [0.4, 0.5) is 0 Å². The fraction of sp³-hybridized carbons (Fsp3) is 0.733. The molecule has 1 saturated carbocycles. The molecule has 2 atom stereocenters. The van der Waals surface area contributed by atoms with Crippen molar-refractivity contribution in [1.82, 2.24) is 15.1 Å². The Bertz CT molecular complexity index is 456. The number of rotatable bonds is 6. The molecule has 1 heterocycles. The number of hydrogen-bond donors (Lipinski definition) is 1. The van der Waals surface area contributed by atoms with E-state index in [9.17, 15) is 4.79 Å². The lowest BCUT2D eigenvalue weighted by Gasteiger charge is -2.16. The molecule has 1 aliphatic rings. The molecule has 1 aromatic rings. The summed E-state index contributed by atoms with van der Waals surface area (Å²) in [6, 6.07) is 0. The average Bonchev–Trinajstić information content (AvgIpc) is 2.98. The first-order valence-corrected chi connectivity index (χ1v) is 7.52. The van der Waals surface area contributed by atoms with Crippen LogP contribution in [0.2, 0.25) is 0 Å². The molecule has 1 aliphatic carbocycles. The zero-order chi connectivity index (χ0) is 14.5. The second-order valence-electron chi connectivity index (χ2n) is 5.65. The number of ether oxygens (including phenoxy) is 1. The zero-order valence-corrected chi connectivity index (χ0v) is 12.7. The van der Waals surface area contributed by atoms with Crippen molar-refractivity contribution in [3.05, 3.63) is 17.5 Å². The lowest BCUT2D eigenvalue weighted by Crippen LogP contribution is -2.26. The summed E-state index contributed by atoms with van der Waals surface area (Å²) in [7, 11) is 1.86. The monoisotopic (exact) mass is 279 g/mol. The van der Waals surface area contributed by atoms with E-state index in [1.807, 2.05) is 14.0 Å². The molecule has 0 radical (unpaired) electrons. The fourth-order valence-electron chi connectivity index (χ4n) is 2.95.